The third-order valence-corrected chi connectivity index (χ3v) is 9.90. The quantitative estimate of drug-likeness (QED) is 0.178. The fourth-order valence-electron chi connectivity index (χ4n) is 7.60. The van der Waals surface area contributed by atoms with Gasteiger partial charge >= 0.3 is 0 Å². The fraction of sp³-hybridized carbons (Fsp3) is 0.0870. The molecule has 1 heterocycles. The number of nitrogens with zero attached hydrogens (tertiary/aromatic N) is 1. The molecule has 0 aliphatic heterocycles. The summed E-state index contributed by atoms with van der Waals surface area (Å²) in [5.74, 6) is 0. The minimum absolute atomic E-state index is 0.0211. The lowest BCUT2D eigenvalue weighted by Gasteiger charge is -2.23. The second-order valence-electron chi connectivity index (χ2n) is 13.8. The second kappa shape index (κ2) is 10.4. The van der Waals surface area contributed by atoms with Gasteiger partial charge in [0.1, 0.15) is 0 Å². The highest BCUT2D eigenvalue weighted by molar-refractivity contribution is 6.23. The van der Waals surface area contributed by atoms with Crippen LogP contribution in [0.2, 0.25) is 0 Å². The van der Waals surface area contributed by atoms with Crippen molar-refractivity contribution in [1.29, 1.82) is 0 Å². The summed E-state index contributed by atoms with van der Waals surface area (Å²) in [5.41, 5.74) is 10.1. The molecule has 0 spiro atoms. The van der Waals surface area contributed by atoms with Gasteiger partial charge < -0.3 is 4.57 Å². The van der Waals surface area contributed by atoms with E-state index in [2.05, 4.69) is 183 Å². The molecule has 0 amide bonds. The Bertz CT molecular complexity index is 2650. The Morgan fingerprint density at radius 1 is 0.383 bits per heavy atom. The predicted octanol–water partition coefficient (Wildman–Crippen LogP) is 12.9. The lowest BCUT2D eigenvalue weighted by atomic mass is 9.81. The molecule has 0 N–H and O–H groups in total. The molecule has 0 saturated heterocycles. The van der Waals surface area contributed by atoms with Gasteiger partial charge in [0.15, 0.2) is 0 Å². The summed E-state index contributed by atoms with van der Waals surface area (Å²) in [7, 11) is 0. The molecule has 0 radical (unpaired) electrons. The van der Waals surface area contributed by atoms with Crippen LogP contribution in [0.3, 0.4) is 0 Å². The van der Waals surface area contributed by atoms with Gasteiger partial charge in [0, 0.05) is 16.5 Å². The van der Waals surface area contributed by atoms with Crippen molar-refractivity contribution in [2.75, 3.05) is 0 Å². The monoisotopic (exact) mass is 601 g/mol. The summed E-state index contributed by atoms with van der Waals surface area (Å²) in [6.07, 6.45) is 0. The van der Waals surface area contributed by atoms with Gasteiger partial charge in [-0.05, 0) is 108 Å². The van der Waals surface area contributed by atoms with Crippen molar-refractivity contribution in [1.82, 2.24) is 4.57 Å². The molecule has 0 aliphatic rings. The van der Waals surface area contributed by atoms with E-state index in [9.17, 15) is 0 Å². The van der Waals surface area contributed by atoms with Crippen molar-refractivity contribution in [2.45, 2.75) is 26.2 Å². The van der Waals surface area contributed by atoms with Crippen LogP contribution in [0.5, 0.6) is 0 Å². The van der Waals surface area contributed by atoms with Gasteiger partial charge in [-0.2, -0.15) is 0 Å². The number of para-hydroxylation sites is 2. The van der Waals surface area contributed by atoms with Gasteiger partial charge in [-0.3, -0.25) is 0 Å². The smallest absolute Gasteiger partial charge is 0.0541 e. The number of fused-ring (bicyclic) bond motifs is 6. The standard InChI is InChI=1S/C46H35N/c1-46(2,3)34-24-25-39-41(29-34)45(38-19-10-9-18-37(38)44(39)32-22-21-30-13-7-8-14-31(30)27-32)33-23-26-43-40(28-33)36-17-11-12-20-42(36)47(43)35-15-5-4-6-16-35/h4-29H,1-3H3. The molecule has 47 heavy (non-hydrogen) atoms. The van der Waals surface area contributed by atoms with E-state index in [1.807, 2.05) is 0 Å². The van der Waals surface area contributed by atoms with E-state index < -0.39 is 0 Å². The SMILES string of the molecule is CC(C)(C)c1ccc2c(-c3ccc4ccccc4c3)c3ccccc3c(-c3ccc4c(c3)c3ccccc3n4-c3ccccc3)c2c1. The Morgan fingerprint density at radius 2 is 0.957 bits per heavy atom. The molecule has 0 aliphatic carbocycles. The van der Waals surface area contributed by atoms with E-state index in [4.69, 9.17) is 0 Å². The van der Waals surface area contributed by atoms with E-state index >= 15 is 0 Å². The molecule has 9 aromatic rings. The maximum absolute atomic E-state index is 2.46. The molecule has 0 saturated carbocycles. The van der Waals surface area contributed by atoms with Crippen molar-refractivity contribution in [2.24, 2.45) is 0 Å². The van der Waals surface area contributed by atoms with Crippen LogP contribution in [0.25, 0.3) is 82.1 Å². The molecule has 1 nitrogen and oxygen atoms in total. The summed E-state index contributed by atoms with van der Waals surface area (Å²) in [6.45, 7) is 6.93. The van der Waals surface area contributed by atoms with Gasteiger partial charge in [0.25, 0.3) is 0 Å². The first-order chi connectivity index (χ1) is 23.0. The molecule has 8 aromatic carbocycles. The first-order valence-corrected chi connectivity index (χ1v) is 16.5. The van der Waals surface area contributed by atoms with Crippen molar-refractivity contribution >= 4 is 54.1 Å². The van der Waals surface area contributed by atoms with Gasteiger partial charge in [-0.15, -0.1) is 0 Å². The molecule has 0 fully saturated rings. The summed E-state index contributed by atoms with van der Waals surface area (Å²) in [6, 6.07) is 58.3. The fourth-order valence-corrected chi connectivity index (χ4v) is 7.60. The number of hydrogen-bond acceptors (Lipinski definition) is 0. The third kappa shape index (κ3) is 4.38. The number of rotatable bonds is 3. The minimum atomic E-state index is 0.0211. The first-order valence-electron chi connectivity index (χ1n) is 16.5. The van der Waals surface area contributed by atoms with Crippen molar-refractivity contribution in [3.05, 3.63) is 163 Å². The normalized spacial score (nSPS) is 12.1. The topological polar surface area (TPSA) is 4.93 Å². The molecule has 0 atom stereocenters. The first kappa shape index (κ1) is 27.6. The van der Waals surface area contributed by atoms with E-state index in [1.165, 1.54) is 87.6 Å². The molecule has 1 aromatic heterocycles. The van der Waals surface area contributed by atoms with Gasteiger partial charge in [-0.25, -0.2) is 0 Å². The van der Waals surface area contributed by atoms with Crippen LogP contribution < -0.4 is 0 Å². The lowest BCUT2D eigenvalue weighted by Crippen LogP contribution is -2.10. The van der Waals surface area contributed by atoms with Gasteiger partial charge in [0.05, 0.1) is 11.0 Å². The van der Waals surface area contributed by atoms with Crippen molar-refractivity contribution in [3.8, 4) is 27.9 Å². The highest BCUT2D eigenvalue weighted by Gasteiger charge is 2.21. The Morgan fingerprint density at radius 3 is 1.72 bits per heavy atom. The minimum Gasteiger partial charge on any atom is -0.309 e. The largest absolute Gasteiger partial charge is 0.309 e. The third-order valence-electron chi connectivity index (χ3n) is 9.90. The molecule has 9 rings (SSSR count). The van der Waals surface area contributed by atoms with Crippen LogP contribution in [0, 0.1) is 0 Å². The van der Waals surface area contributed by atoms with Crippen LogP contribution in [-0.2, 0) is 5.41 Å². The predicted molar refractivity (Wildman–Crippen MR) is 203 cm³/mol. The van der Waals surface area contributed by atoms with Crippen LogP contribution in [0.15, 0.2) is 158 Å². The molecular formula is C46H35N. The highest BCUT2D eigenvalue weighted by Crippen LogP contribution is 2.46. The van der Waals surface area contributed by atoms with Crippen molar-refractivity contribution in [3.63, 3.8) is 0 Å². The summed E-state index contributed by atoms with van der Waals surface area (Å²) in [4.78, 5) is 0. The maximum atomic E-state index is 2.46. The van der Waals surface area contributed by atoms with Crippen LogP contribution in [0.1, 0.15) is 26.3 Å². The zero-order valence-electron chi connectivity index (χ0n) is 27.0. The molecule has 0 unspecified atom stereocenters. The summed E-state index contributed by atoms with van der Waals surface area (Å²) >= 11 is 0. The number of aromatic nitrogens is 1. The number of hydrogen-bond donors (Lipinski definition) is 0. The molecular weight excluding hydrogens is 567 g/mol. The zero-order valence-corrected chi connectivity index (χ0v) is 27.0. The Kier molecular flexibility index (Phi) is 6.14. The molecule has 224 valence electrons. The Balaban J connectivity index is 1.39. The van der Waals surface area contributed by atoms with Gasteiger partial charge in [-0.1, -0.05) is 136 Å². The van der Waals surface area contributed by atoms with Gasteiger partial charge in [0.2, 0.25) is 0 Å². The number of benzene rings is 8. The van der Waals surface area contributed by atoms with Crippen LogP contribution in [-0.4, -0.2) is 4.57 Å². The van der Waals surface area contributed by atoms with Crippen LogP contribution >= 0.6 is 0 Å². The van der Waals surface area contributed by atoms with Crippen LogP contribution in [0.4, 0.5) is 0 Å². The summed E-state index contributed by atoms with van der Waals surface area (Å²) in [5, 5.41) is 10.2. The average molecular weight is 602 g/mol. The van der Waals surface area contributed by atoms with E-state index in [0.29, 0.717) is 0 Å². The van der Waals surface area contributed by atoms with E-state index in [0.717, 1.165) is 0 Å². The summed E-state index contributed by atoms with van der Waals surface area (Å²) < 4.78 is 2.39. The van der Waals surface area contributed by atoms with Crippen molar-refractivity contribution < 1.29 is 0 Å². The highest BCUT2D eigenvalue weighted by atomic mass is 15.0. The average Bonchev–Trinajstić information content (AvgIpc) is 3.43. The maximum Gasteiger partial charge on any atom is 0.0541 e. The zero-order chi connectivity index (χ0) is 31.7. The Hall–Kier alpha value is -5.66. The van der Waals surface area contributed by atoms with E-state index in [1.54, 1.807) is 0 Å². The molecule has 1 heteroatoms. The van der Waals surface area contributed by atoms with E-state index in [-0.39, 0.29) is 5.41 Å². The lowest BCUT2D eigenvalue weighted by molar-refractivity contribution is 0.591. The second-order valence-corrected chi connectivity index (χ2v) is 13.8. The molecule has 0 bridgehead atoms. The Labute approximate surface area is 275 Å².